The molecule has 2 aromatic rings. The van der Waals surface area contributed by atoms with E-state index in [9.17, 15) is 4.79 Å². The molecule has 0 aromatic heterocycles. The molecular formula is C22H28N3O3+. The van der Waals surface area contributed by atoms with Gasteiger partial charge in [-0.05, 0) is 55.8 Å². The molecule has 0 saturated carbocycles. The van der Waals surface area contributed by atoms with Crippen LogP contribution in [0.4, 0.5) is 11.4 Å². The Morgan fingerprint density at radius 3 is 2.54 bits per heavy atom. The van der Waals surface area contributed by atoms with Crippen molar-refractivity contribution < 1.29 is 19.2 Å². The molecule has 2 N–H and O–H groups in total. The van der Waals surface area contributed by atoms with E-state index in [1.165, 1.54) is 30.9 Å². The minimum Gasteiger partial charge on any atom is -0.486 e. The van der Waals surface area contributed by atoms with E-state index in [-0.39, 0.29) is 5.91 Å². The number of amides is 1. The summed E-state index contributed by atoms with van der Waals surface area (Å²) in [6.07, 6.45) is 0. The Morgan fingerprint density at radius 1 is 1.07 bits per heavy atom. The van der Waals surface area contributed by atoms with E-state index >= 15 is 0 Å². The molecule has 0 radical (unpaired) electrons. The zero-order valence-electron chi connectivity index (χ0n) is 16.6. The second-order valence-corrected chi connectivity index (χ2v) is 7.40. The van der Waals surface area contributed by atoms with Crippen molar-refractivity contribution in [3.63, 3.8) is 0 Å². The van der Waals surface area contributed by atoms with Crippen LogP contribution in [0, 0.1) is 6.92 Å². The van der Waals surface area contributed by atoms with Gasteiger partial charge in [-0.2, -0.15) is 0 Å². The van der Waals surface area contributed by atoms with Crippen LogP contribution in [0.3, 0.4) is 0 Å². The molecule has 1 amide bonds. The fourth-order valence-corrected chi connectivity index (χ4v) is 3.89. The van der Waals surface area contributed by atoms with Gasteiger partial charge in [-0.3, -0.25) is 4.79 Å². The molecule has 1 saturated heterocycles. The van der Waals surface area contributed by atoms with E-state index in [1.54, 1.807) is 23.1 Å². The quantitative estimate of drug-likeness (QED) is 0.846. The molecule has 6 heteroatoms. The molecule has 0 unspecified atom stereocenters. The lowest BCUT2D eigenvalue weighted by atomic mass is 10.1. The average Bonchev–Trinajstić information content (AvgIpc) is 2.73. The normalized spacial score (nSPS) is 16.7. The molecule has 2 aliphatic heterocycles. The summed E-state index contributed by atoms with van der Waals surface area (Å²) >= 11 is 0. The van der Waals surface area contributed by atoms with Crippen LogP contribution in [0.5, 0.6) is 11.5 Å². The molecule has 148 valence electrons. The van der Waals surface area contributed by atoms with E-state index in [0.717, 1.165) is 18.8 Å². The molecular weight excluding hydrogens is 354 g/mol. The number of anilines is 2. The van der Waals surface area contributed by atoms with Crippen molar-refractivity contribution in [1.82, 2.24) is 0 Å². The first-order chi connectivity index (χ1) is 13.6. The van der Waals surface area contributed by atoms with Gasteiger partial charge in [-0.25, -0.2) is 0 Å². The maximum absolute atomic E-state index is 12.6. The largest absolute Gasteiger partial charge is 0.486 e. The van der Waals surface area contributed by atoms with Crippen LogP contribution < -0.4 is 24.6 Å². The summed E-state index contributed by atoms with van der Waals surface area (Å²) in [4.78, 5) is 16.8. The van der Waals surface area contributed by atoms with Crippen molar-refractivity contribution in [3.8, 4) is 11.5 Å². The molecule has 2 heterocycles. The maximum atomic E-state index is 12.6. The van der Waals surface area contributed by atoms with Crippen LogP contribution in [0.15, 0.2) is 36.4 Å². The van der Waals surface area contributed by atoms with Crippen molar-refractivity contribution in [2.45, 2.75) is 13.8 Å². The van der Waals surface area contributed by atoms with Gasteiger partial charge in [-0.1, -0.05) is 0 Å². The second kappa shape index (κ2) is 8.10. The Hall–Kier alpha value is -2.73. The SMILES string of the molecule is CC[NH+]1CCN(c2ccc(NC(=O)c3ccc4c(c3)OCCO4)cc2C)CC1. The predicted molar refractivity (Wildman–Crippen MR) is 110 cm³/mol. The van der Waals surface area contributed by atoms with Gasteiger partial charge in [-0.15, -0.1) is 0 Å². The van der Waals surface area contributed by atoms with Gasteiger partial charge in [0.15, 0.2) is 11.5 Å². The van der Waals surface area contributed by atoms with Gasteiger partial charge in [0.25, 0.3) is 5.91 Å². The highest BCUT2D eigenvalue weighted by atomic mass is 16.6. The summed E-state index contributed by atoms with van der Waals surface area (Å²) in [6, 6.07) is 11.4. The minimum atomic E-state index is -0.149. The molecule has 0 bridgehead atoms. The van der Waals surface area contributed by atoms with Gasteiger partial charge in [0.05, 0.1) is 32.7 Å². The van der Waals surface area contributed by atoms with Gasteiger partial charge in [0.2, 0.25) is 0 Å². The molecule has 2 aliphatic rings. The molecule has 0 aliphatic carbocycles. The lowest BCUT2D eigenvalue weighted by Gasteiger charge is -2.34. The van der Waals surface area contributed by atoms with Crippen LogP contribution in [-0.2, 0) is 0 Å². The Kier molecular flexibility index (Phi) is 5.39. The minimum absolute atomic E-state index is 0.149. The Labute approximate surface area is 166 Å². The third-order valence-electron chi connectivity index (χ3n) is 5.57. The lowest BCUT2D eigenvalue weighted by Crippen LogP contribution is -3.14. The van der Waals surface area contributed by atoms with Gasteiger partial charge < -0.3 is 24.6 Å². The van der Waals surface area contributed by atoms with Crippen LogP contribution >= 0.6 is 0 Å². The van der Waals surface area contributed by atoms with E-state index in [1.807, 2.05) is 12.1 Å². The van der Waals surface area contributed by atoms with Crippen LogP contribution in [0.1, 0.15) is 22.8 Å². The van der Waals surface area contributed by atoms with Gasteiger partial charge in [0.1, 0.15) is 13.2 Å². The number of hydrogen-bond acceptors (Lipinski definition) is 4. The summed E-state index contributed by atoms with van der Waals surface area (Å²) in [7, 11) is 0. The molecule has 6 nitrogen and oxygen atoms in total. The third kappa shape index (κ3) is 3.92. The second-order valence-electron chi connectivity index (χ2n) is 7.40. The highest BCUT2D eigenvalue weighted by molar-refractivity contribution is 6.04. The summed E-state index contributed by atoms with van der Waals surface area (Å²) in [5.41, 5.74) is 3.80. The number of piperazine rings is 1. The fraction of sp³-hybridized carbons (Fsp3) is 0.409. The van der Waals surface area contributed by atoms with E-state index in [4.69, 9.17) is 9.47 Å². The highest BCUT2D eigenvalue weighted by Gasteiger charge is 2.20. The number of rotatable bonds is 4. The van der Waals surface area contributed by atoms with Crippen LogP contribution in [0.25, 0.3) is 0 Å². The van der Waals surface area contributed by atoms with Crippen molar-refractivity contribution >= 4 is 17.3 Å². The van der Waals surface area contributed by atoms with Crippen molar-refractivity contribution in [2.24, 2.45) is 0 Å². The number of quaternary nitrogens is 1. The number of nitrogens with one attached hydrogen (secondary N) is 2. The van der Waals surface area contributed by atoms with E-state index in [0.29, 0.717) is 30.3 Å². The number of hydrogen-bond donors (Lipinski definition) is 2. The number of carbonyl (C=O) groups excluding carboxylic acids is 1. The Balaban J connectivity index is 1.44. The average molecular weight is 382 g/mol. The standard InChI is InChI=1S/C22H27N3O3/c1-3-24-8-10-25(11-9-24)19-6-5-18(14-16(19)2)23-22(26)17-4-7-20-21(15-17)28-13-12-27-20/h4-7,14-15H,3,8-13H2,1-2H3,(H,23,26)/p+1. The summed E-state index contributed by atoms with van der Waals surface area (Å²) in [5, 5.41) is 2.99. The van der Waals surface area contributed by atoms with Crippen LogP contribution in [0.2, 0.25) is 0 Å². The number of carbonyl (C=O) groups is 1. The Bertz CT molecular complexity index is 860. The smallest absolute Gasteiger partial charge is 0.255 e. The molecule has 0 atom stereocenters. The van der Waals surface area contributed by atoms with Gasteiger partial charge in [0, 0.05) is 16.9 Å². The molecule has 28 heavy (non-hydrogen) atoms. The van der Waals surface area contributed by atoms with Crippen LogP contribution in [-0.4, -0.2) is 51.8 Å². The molecule has 4 rings (SSSR count). The zero-order chi connectivity index (χ0) is 19.5. The summed E-state index contributed by atoms with van der Waals surface area (Å²) in [6.45, 7) is 11.1. The van der Waals surface area contributed by atoms with Crippen molar-refractivity contribution in [3.05, 3.63) is 47.5 Å². The summed E-state index contributed by atoms with van der Waals surface area (Å²) in [5.74, 6) is 1.16. The maximum Gasteiger partial charge on any atom is 0.255 e. The molecule has 2 aromatic carbocycles. The highest BCUT2D eigenvalue weighted by Crippen LogP contribution is 2.31. The van der Waals surface area contributed by atoms with Gasteiger partial charge >= 0.3 is 0 Å². The number of ether oxygens (including phenoxy) is 2. The number of fused-ring (bicyclic) bond motifs is 1. The summed E-state index contributed by atoms with van der Waals surface area (Å²) < 4.78 is 11.1. The first-order valence-electron chi connectivity index (χ1n) is 10.0. The van der Waals surface area contributed by atoms with E-state index < -0.39 is 0 Å². The van der Waals surface area contributed by atoms with Crippen molar-refractivity contribution in [2.75, 3.05) is 56.2 Å². The monoisotopic (exact) mass is 382 g/mol. The van der Waals surface area contributed by atoms with Crippen molar-refractivity contribution in [1.29, 1.82) is 0 Å². The number of likely N-dealkylation sites (N-methyl/N-ethyl adjacent to an activating group) is 1. The first kappa shape index (κ1) is 18.6. The fourth-order valence-electron chi connectivity index (χ4n) is 3.89. The first-order valence-corrected chi connectivity index (χ1v) is 10.0. The number of benzene rings is 2. The molecule has 1 fully saturated rings. The third-order valence-corrected chi connectivity index (χ3v) is 5.57. The lowest BCUT2D eigenvalue weighted by molar-refractivity contribution is -0.898. The topological polar surface area (TPSA) is 55.2 Å². The van der Waals surface area contributed by atoms with E-state index in [2.05, 4.69) is 30.1 Å². The molecule has 0 spiro atoms. The number of aryl methyl sites for hydroxylation is 1. The number of nitrogens with zero attached hydrogens (tertiary/aromatic N) is 1. The predicted octanol–water partition coefficient (Wildman–Crippen LogP) is 1.74. The Morgan fingerprint density at radius 2 is 1.82 bits per heavy atom. The zero-order valence-corrected chi connectivity index (χ0v) is 16.6.